The molecular weight excluding hydrogens is 319 g/mol. The van der Waals surface area contributed by atoms with Gasteiger partial charge in [-0.05, 0) is 13.0 Å². The van der Waals surface area contributed by atoms with Crippen LogP contribution in [0.4, 0.5) is 0 Å². The van der Waals surface area contributed by atoms with Crippen LogP contribution in [0.3, 0.4) is 0 Å². The third-order valence-electron chi connectivity index (χ3n) is 3.42. The van der Waals surface area contributed by atoms with Gasteiger partial charge in [-0.15, -0.1) is 0 Å². The van der Waals surface area contributed by atoms with E-state index in [1.54, 1.807) is 24.5 Å². The van der Waals surface area contributed by atoms with Gasteiger partial charge < -0.3 is 15.0 Å². The Morgan fingerprint density at radius 2 is 2.29 bits per heavy atom. The number of aliphatic carboxylic acids is 1. The molecule has 0 unspecified atom stereocenters. The number of hydrogen-bond acceptors (Lipinski definition) is 6. The standard InChI is InChI=1S/C13H12N2O4S.K/c1-6(16)8-11(17)15-9(13(18)19)10(20-12(8)15)7-3-2-4-14-5-7;/h2-6,8,12,16H,1H3,(H,18,19);/q;+1/p-1/t6-,8+,12-;/m1./s1. The Morgan fingerprint density at radius 3 is 2.81 bits per heavy atom. The van der Waals surface area contributed by atoms with Gasteiger partial charge in [0.05, 0.1) is 23.7 Å². The first-order chi connectivity index (χ1) is 9.52. The Bertz CT molecular complexity index is 620. The number of rotatable bonds is 3. The molecule has 0 aromatic carbocycles. The topological polar surface area (TPSA) is 93.6 Å². The predicted octanol–water partition coefficient (Wildman–Crippen LogP) is -3.58. The largest absolute Gasteiger partial charge is 1.00 e. The van der Waals surface area contributed by atoms with Crippen molar-refractivity contribution in [1.82, 2.24) is 9.88 Å². The van der Waals surface area contributed by atoms with Crippen molar-refractivity contribution in [2.75, 3.05) is 0 Å². The second kappa shape index (κ2) is 6.49. The van der Waals surface area contributed by atoms with Crippen molar-refractivity contribution in [1.29, 1.82) is 0 Å². The number of carbonyl (C=O) groups is 2. The van der Waals surface area contributed by atoms with Gasteiger partial charge >= 0.3 is 51.4 Å². The summed E-state index contributed by atoms with van der Waals surface area (Å²) in [5, 5.41) is 20.6. The molecule has 1 aromatic rings. The van der Waals surface area contributed by atoms with Gasteiger partial charge in [-0.3, -0.25) is 14.7 Å². The second-order valence-corrected chi connectivity index (χ2v) is 5.82. The number of aliphatic hydroxyl groups is 1. The molecule has 6 nitrogen and oxygen atoms in total. The molecule has 1 amide bonds. The summed E-state index contributed by atoms with van der Waals surface area (Å²) in [6, 6.07) is 3.42. The number of nitrogens with zero attached hydrogens (tertiary/aromatic N) is 2. The number of β-lactam (4-membered cyclic amide) rings is 1. The van der Waals surface area contributed by atoms with Crippen molar-refractivity contribution < 1.29 is 71.2 Å². The predicted molar refractivity (Wildman–Crippen MR) is 69.6 cm³/mol. The van der Waals surface area contributed by atoms with Gasteiger partial charge in [-0.25, -0.2) is 0 Å². The Balaban J connectivity index is 0.00000161. The molecule has 0 radical (unpaired) electrons. The first-order valence-corrected chi connectivity index (χ1v) is 6.94. The maximum Gasteiger partial charge on any atom is 1.00 e. The first kappa shape index (κ1) is 17.1. The number of thioether (sulfide) groups is 1. The maximum atomic E-state index is 12.0. The fourth-order valence-electron chi connectivity index (χ4n) is 2.47. The molecule has 3 rings (SSSR count). The Labute approximate surface area is 168 Å². The van der Waals surface area contributed by atoms with E-state index < -0.39 is 18.0 Å². The second-order valence-electron chi connectivity index (χ2n) is 4.69. The van der Waals surface area contributed by atoms with Crippen LogP contribution in [-0.2, 0) is 9.59 Å². The molecule has 2 aliphatic rings. The van der Waals surface area contributed by atoms with Gasteiger partial charge in [0.1, 0.15) is 5.37 Å². The Hall–Kier alpha value is -0.224. The summed E-state index contributed by atoms with van der Waals surface area (Å²) in [6.07, 6.45) is 2.31. The number of amides is 1. The molecule has 1 saturated heterocycles. The van der Waals surface area contributed by atoms with Gasteiger partial charge in [-0.2, -0.15) is 0 Å². The van der Waals surface area contributed by atoms with Crippen molar-refractivity contribution in [3.63, 3.8) is 0 Å². The summed E-state index contributed by atoms with van der Waals surface area (Å²) in [5.41, 5.74) is 0.498. The van der Waals surface area contributed by atoms with Crippen LogP contribution in [0.2, 0.25) is 0 Å². The molecule has 3 atom stereocenters. The van der Waals surface area contributed by atoms with Crippen molar-refractivity contribution >= 4 is 28.5 Å². The fourth-order valence-corrected chi connectivity index (χ4v) is 4.07. The van der Waals surface area contributed by atoms with Crippen LogP contribution >= 0.6 is 11.8 Å². The van der Waals surface area contributed by atoms with E-state index in [1.807, 2.05) is 0 Å². The summed E-state index contributed by atoms with van der Waals surface area (Å²) in [4.78, 5) is 28.9. The van der Waals surface area contributed by atoms with Gasteiger partial charge in [0.15, 0.2) is 0 Å². The molecule has 0 bridgehead atoms. The van der Waals surface area contributed by atoms with Crippen LogP contribution in [0.1, 0.15) is 12.5 Å². The van der Waals surface area contributed by atoms with Crippen molar-refractivity contribution in [3.8, 4) is 0 Å². The molecule has 0 saturated carbocycles. The molecule has 1 N–H and O–H groups in total. The number of hydrogen-bond donors (Lipinski definition) is 1. The van der Waals surface area contributed by atoms with Gasteiger partial charge in [-0.1, -0.05) is 17.8 Å². The monoisotopic (exact) mass is 330 g/mol. The van der Waals surface area contributed by atoms with E-state index in [9.17, 15) is 19.8 Å². The molecule has 104 valence electrons. The van der Waals surface area contributed by atoms with Crippen LogP contribution < -0.4 is 56.5 Å². The van der Waals surface area contributed by atoms with E-state index >= 15 is 0 Å². The molecule has 1 fully saturated rings. The minimum absolute atomic E-state index is 0. The molecule has 21 heavy (non-hydrogen) atoms. The zero-order chi connectivity index (χ0) is 14.4. The van der Waals surface area contributed by atoms with E-state index in [0.717, 1.165) is 0 Å². The normalized spacial score (nSPS) is 25.0. The molecule has 8 heteroatoms. The van der Waals surface area contributed by atoms with E-state index in [2.05, 4.69) is 4.98 Å². The van der Waals surface area contributed by atoms with Gasteiger partial charge in [0, 0.05) is 22.9 Å². The SMILES string of the molecule is C[C@@H](O)[C@H]1C(=O)N2C(C(=O)[O-])=C(c3cccnc3)S[C@H]12.[K+]. The van der Waals surface area contributed by atoms with Crippen LogP contribution in [-0.4, -0.2) is 38.3 Å². The van der Waals surface area contributed by atoms with Crippen LogP contribution in [0.15, 0.2) is 30.2 Å². The van der Waals surface area contributed by atoms with Crippen LogP contribution in [0.25, 0.3) is 4.91 Å². The van der Waals surface area contributed by atoms with E-state index in [-0.39, 0.29) is 68.4 Å². The number of carboxylic acid groups (broad SMARTS) is 1. The molecule has 0 aliphatic carbocycles. The Kier molecular flexibility index (Phi) is 5.30. The van der Waals surface area contributed by atoms with Gasteiger partial charge in [0.25, 0.3) is 0 Å². The van der Waals surface area contributed by atoms with Crippen molar-refractivity contribution in [2.24, 2.45) is 5.92 Å². The van der Waals surface area contributed by atoms with E-state index in [0.29, 0.717) is 10.5 Å². The third kappa shape index (κ3) is 2.74. The molecule has 3 heterocycles. The minimum atomic E-state index is -1.39. The fraction of sp³-hybridized carbons (Fsp3) is 0.308. The summed E-state index contributed by atoms with van der Waals surface area (Å²) < 4.78 is 0. The molecule has 1 aromatic heterocycles. The smallest absolute Gasteiger partial charge is 0.543 e. The summed E-state index contributed by atoms with van der Waals surface area (Å²) in [7, 11) is 0. The number of fused-ring (bicyclic) bond motifs is 1. The van der Waals surface area contributed by atoms with Gasteiger partial charge in [0.2, 0.25) is 5.91 Å². The van der Waals surface area contributed by atoms with E-state index in [4.69, 9.17) is 0 Å². The number of carbonyl (C=O) groups excluding carboxylic acids is 2. The third-order valence-corrected chi connectivity index (χ3v) is 4.83. The zero-order valence-electron chi connectivity index (χ0n) is 11.5. The Morgan fingerprint density at radius 1 is 1.57 bits per heavy atom. The first-order valence-electron chi connectivity index (χ1n) is 6.06. The average molecular weight is 330 g/mol. The molecule has 0 spiro atoms. The molecule has 2 aliphatic heterocycles. The average Bonchev–Trinajstić information content (AvgIpc) is 2.74. The van der Waals surface area contributed by atoms with Crippen LogP contribution in [0.5, 0.6) is 0 Å². The minimum Gasteiger partial charge on any atom is -0.543 e. The van der Waals surface area contributed by atoms with Crippen molar-refractivity contribution in [3.05, 3.63) is 35.8 Å². The summed E-state index contributed by atoms with van der Waals surface area (Å²) in [6.45, 7) is 1.53. The van der Waals surface area contributed by atoms with E-state index in [1.165, 1.54) is 23.6 Å². The maximum absolute atomic E-state index is 12.0. The van der Waals surface area contributed by atoms with Crippen molar-refractivity contribution in [2.45, 2.75) is 18.4 Å². The zero-order valence-corrected chi connectivity index (χ0v) is 15.5. The number of aliphatic hydroxyl groups excluding tert-OH is 1. The number of carboxylic acids is 1. The van der Waals surface area contributed by atoms with Crippen LogP contribution in [0, 0.1) is 5.92 Å². The summed E-state index contributed by atoms with van der Waals surface area (Å²) >= 11 is 1.25. The summed E-state index contributed by atoms with van der Waals surface area (Å²) in [5.74, 6) is -2.35. The number of pyridine rings is 1. The quantitative estimate of drug-likeness (QED) is 0.455. The number of aromatic nitrogens is 1. The molecular formula is C13H11KN2O4S.